The van der Waals surface area contributed by atoms with Gasteiger partial charge in [-0.15, -0.1) is 0 Å². The summed E-state index contributed by atoms with van der Waals surface area (Å²) in [5, 5.41) is 8.45. The third kappa shape index (κ3) is 2.53. The lowest BCUT2D eigenvalue weighted by Gasteiger charge is -2.03. The molecular weight excluding hydrogens is 124 g/mol. The highest BCUT2D eigenvalue weighted by Gasteiger charge is 2.26. The molecule has 1 unspecified atom stereocenters. The molecule has 1 rings (SSSR count). The van der Waals surface area contributed by atoms with Gasteiger partial charge in [0.25, 0.3) is 0 Å². The number of allylic oxidation sites excluding steroid dienone is 1. The highest BCUT2D eigenvalue weighted by molar-refractivity contribution is 4.87. The topological polar surface area (TPSA) is 20.2 Å². The molecule has 1 aliphatic rings. The van der Waals surface area contributed by atoms with Gasteiger partial charge in [0, 0.05) is 0 Å². The van der Waals surface area contributed by atoms with E-state index in [1.165, 1.54) is 12.8 Å². The lowest BCUT2D eigenvalue weighted by atomic mass is 10.0. The van der Waals surface area contributed by atoms with Crippen LogP contribution in [0.3, 0.4) is 0 Å². The minimum atomic E-state index is 0.192. The molecule has 1 N–H and O–H groups in total. The molecule has 0 aromatic carbocycles. The fourth-order valence-electron chi connectivity index (χ4n) is 1.24. The largest absolute Gasteiger partial charge is 0.392 e. The Bertz CT molecular complexity index is 114. The van der Waals surface area contributed by atoms with E-state index in [0.717, 1.165) is 18.3 Å². The molecule has 0 aromatic rings. The van der Waals surface area contributed by atoms with Gasteiger partial charge in [-0.25, -0.2) is 0 Å². The van der Waals surface area contributed by atoms with E-state index in [1.54, 1.807) is 0 Å². The number of hydrogen-bond acceptors (Lipinski definition) is 1. The van der Waals surface area contributed by atoms with Crippen LogP contribution in [0.25, 0.3) is 0 Å². The van der Waals surface area contributed by atoms with E-state index < -0.39 is 0 Å². The summed E-state index contributed by atoms with van der Waals surface area (Å²) in [6.07, 6.45) is 7.91. The van der Waals surface area contributed by atoms with Crippen molar-refractivity contribution in [3.8, 4) is 0 Å². The first kappa shape index (κ1) is 7.80. The lowest BCUT2D eigenvalue weighted by molar-refractivity contribution is 0.342. The van der Waals surface area contributed by atoms with E-state index in [1.807, 2.05) is 6.08 Å². The van der Waals surface area contributed by atoms with Gasteiger partial charge in [-0.2, -0.15) is 0 Å². The van der Waals surface area contributed by atoms with Gasteiger partial charge in [-0.05, 0) is 31.1 Å². The molecular formula is C9H16O. The van der Waals surface area contributed by atoms with Crippen molar-refractivity contribution in [2.75, 3.05) is 6.61 Å². The van der Waals surface area contributed by atoms with E-state index >= 15 is 0 Å². The molecule has 1 aliphatic carbocycles. The van der Waals surface area contributed by atoms with Gasteiger partial charge in [0.2, 0.25) is 0 Å². The standard InChI is InChI=1S/C9H16O/c1-8(9-5-6-9)4-2-3-7-10/h2-3,8-10H,4-7H2,1H3/b3-2+. The van der Waals surface area contributed by atoms with Crippen molar-refractivity contribution in [1.82, 2.24) is 0 Å². The van der Waals surface area contributed by atoms with Crippen LogP contribution in [0.2, 0.25) is 0 Å². The zero-order chi connectivity index (χ0) is 7.40. The third-order valence-corrected chi connectivity index (χ3v) is 2.21. The Morgan fingerprint density at radius 1 is 1.50 bits per heavy atom. The Balaban J connectivity index is 2.05. The van der Waals surface area contributed by atoms with Gasteiger partial charge in [0.05, 0.1) is 6.61 Å². The van der Waals surface area contributed by atoms with Crippen LogP contribution < -0.4 is 0 Å². The summed E-state index contributed by atoms with van der Waals surface area (Å²) in [5.74, 6) is 1.83. The molecule has 0 saturated heterocycles. The summed E-state index contributed by atoms with van der Waals surface area (Å²) in [6.45, 7) is 2.48. The third-order valence-electron chi connectivity index (χ3n) is 2.21. The summed E-state index contributed by atoms with van der Waals surface area (Å²) in [6, 6.07) is 0. The van der Waals surface area contributed by atoms with Crippen LogP contribution in [0.1, 0.15) is 26.2 Å². The second-order valence-electron chi connectivity index (χ2n) is 3.20. The Morgan fingerprint density at radius 3 is 2.70 bits per heavy atom. The van der Waals surface area contributed by atoms with Crippen molar-refractivity contribution in [1.29, 1.82) is 0 Å². The first-order valence-electron chi connectivity index (χ1n) is 4.10. The number of rotatable bonds is 4. The minimum absolute atomic E-state index is 0.192. The Kier molecular flexibility index (Phi) is 2.94. The molecule has 0 heterocycles. The predicted molar refractivity (Wildman–Crippen MR) is 42.7 cm³/mol. The lowest BCUT2D eigenvalue weighted by Crippen LogP contribution is -1.93. The second kappa shape index (κ2) is 3.77. The number of aliphatic hydroxyl groups excluding tert-OH is 1. The van der Waals surface area contributed by atoms with Crippen LogP contribution >= 0.6 is 0 Å². The van der Waals surface area contributed by atoms with Crippen molar-refractivity contribution in [2.24, 2.45) is 11.8 Å². The highest BCUT2D eigenvalue weighted by Crippen LogP contribution is 2.38. The van der Waals surface area contributed by atoms with E-state index in [9.17, 15) is 0 Å². The van der Waals surface area contributed by atoms with Gasteiger partial charge < -0.3 is 5.11 Å². The van der Waals surface area contributed by atoms with Crippen molar-refractivity contribution in [3.63, 3.8) is 0 Å². The SMILES string of the molecule is CC(C/C=C/CO)C1CC1. The van der Waals surface area contributed by atoms with E-state index in [0.29, 0.717) is 0 Å². The van der Waals surface area contributed by atoms with Gasteiger partial charge in [-0.3, -0.25) is 0 Å². The molecule has 58 valence electrons. The van der Waals surface area contributed by atoms with Crippen molar-refractivity contribution < 1.29 is 5.11 Å². The predicted octanol–water partition coefficient (Wildman–Crippen LogP) is 1.97. The number of aliphatic hydroxyl groups is 1. The smallest absolute Gasteiger partial charge is 0.0612 e. The Labute approximate surface area is 62.8 Å². The maximum atomic E-state index is 8.45. The second-order valence-corrected chi connectivity index (χ2v) is 3.20. The summed E-state index contributed by atoms with van der Waals surface area (Å²) >= 11 is 0. The zero-order valence-corrected chi connectivity index (χ0v) is 6.59. The average Bonchev–Trinajstić information content (AvgIpc) is 2.69. The average molecular weight is 140 g/mol. The van der Waals surface area contributed by atoms with Crippen LogP contribution in [0.4, 0.5) is 0 Å². The maximum Gasteiger partial charge on any atom is 0.0612 e. The fourth-order valence-corrected chi connectivity index (χ4v) is 1.24. The Morgan fingerprint density at radius 2 is 2.20 bits per heavy atom. The van der Waals surface area contributed by atoms with Crippen LogP contribution in [0, 0.1) is 11.8 Å². The summed E-state index contributed by atoms with van der Waals surface area (Å²) in [7, 11) is 0. The minimum Gasteiger partial charge on any atom is -0.392 e. The fraction of sp³-hybridized carbons (Fsp3) is 0.778. The molecule has 0 spiro atoms. The zero-order valence-electron chi connectivity index (χ0n) is 6.59. The molecule has 1 fully saturated rings. The van der Waals surface area contributed by atoms with Gasteiger partial charge in [-0.1, -0.05) is 19.1 Å². The molecule has 0 aliphatic heterocycles. The molecule has 1 atom stereocenters. The van der Waals surface area contributed by atoms with Crippen LogP contribution in [0.15, 0.2) is 12.2 Å². The van der Waals surface area contributed by atoms with Crippen molar-refractivity contribution in [2.45, 2.75) is 26.2 Å². The van der Waals surface area contributed by atoms with E-state index in [4.69, 9.17) is 5.11 Å². The number of hydrogen-bond donors (Lipinski definition) is 1. The maximum absolute atomic E-state index is 8.45. The first-order valence-corrected chi connectivity index (χ1v) is 4.10. The van der Waals surface area contributed by atoms with Gasteiger partial charge >= 0.3 is 0 Å². The monoisotopic (exact) mass is 140 g/mol. The highest BCUT2D eigenvalue weighted by atomic mass is 16.2. The molecule has 1 saturated carbocycles. The summed E-state index contributed by atoms with van der Waals surface area (Å²) in [4.78, 5) is 0. The van der Waals surface area contributed by atoms with Crippen molar-refractivity contribution >= 4 is 0 Å². The molecule has 0 bridgehead atoms. The van der Waals surface area contributed by atoms with Crippen LogP contribution in [-0.2, 0) is 0 Å². The van der Waals surface area contributed by atoms with Gasteiger partial charge in [0.1, 0.15) is 0 Å². The van der Waals surface area contributed by atoms with Gasteiger partial charge in [0.15, 0.2) is 0 Å². The molecule has 0 amide bonds. The molecule has 10 heavy (non-hydrogen) atoms. The molecule has 0 radical (unpaired) electrons. The normalized spacial score (nSPS) is 21.8. The summed E-state index contributed by atoms with van der Waals surface area (Å²) in [5.41, 5.74) is 0. The van der Waals surface area contributed by atoms with Crippen molar-refractivity contribution in [3.05, 3.63) is 12.2 Å². The molecule has 1 nitrogen and oxygen atoms in total. The van der Waals surface area contributed by atoms with E-state index in [-0.39, 0.29) is 6.61 Å². The van der Waals surface area contributed by atoms with Crippen LogP contribution in [-0.4, -0.2) is 11.7 Å². The first-order chi connectivity index (χ1) is 4.84. The molecule has 1 heteroatoms. The van der Waals surface area contributed by atoms with Crippen LogP contribution in [0.5, 0.6) is 0 Å². The van der Waals surface area contributed by atoms with E-state index in [2.05, 4.69) is 13.0 Å². The molecule has 0 aromatic heterocycles. The summed E-state index contributed by atoms with van der Waals surface area (Å²) < 4.78 is 0. The Hall–Kier alpha value is -0.300. The quantitative estimate of drug-likeness (QED) is 0.592.